The summed E-state index contributed by atoms with van der Waals surface area (Å²) in [5.74, 6) is 0.0936. The van der Waals surface area contributed by atoms with E-state index in [9.17, 15) is 9.59 Å². The Kier molecular flexibility index (Phi) is 6.88. The SMILES string of the molecule is COCC(C)NC(=O)C1CCN(C(=O)/C=C/c2cnc(N)nc2)CC1. The molecular formula is C17H25N5O3. The molecule has 0 aliphatic carbocycles. The summed E-state index contributed by atoms with van der Waals surface area (Å²) in [6.07, 6.45) is 7.60. The van der Waals surface area contributed by atoms with Gasteiger partial charge in [-0.1, -0.05) is 0 Å². The van der Waals surface area contributed by atoms with Crippen molar-refractivity contribution in [2.24, 2.45) is 5.92 Å². The lowest BCUT2D eigenvalue weighted by Crippen LogP contribution is -2.45. The van der Waals surface area contributed by atoms with Crippen LogP contribution in [0.25, 0.3) is 6.08 Å². The van der Waals surface area contributed by atoms with Crippen LogP contribution in [0.15, 0.2) is 18.5 Å². The number of aromatic nitrogens is 2. The highest BCUT2D eigenvalue weighted by atomic mass is 16.5. The zero-order chi connectivity index (χ0) is 18.2. The highest BCUT2D eigenvalue weighted by molar-refractivity contribution is 5.92. The van der Waals surface area contributed by atoms with Crippen molar-refractivity contribution in [3.05, 3.63) is 24.0 Å². The molecule has 25 heavy (non-hydrogen) atoms. The quantitative estimate of drug-likeness (QED) is 0.724. The van der Waals surface area contributed by atoms with Gasteiger partial charge < -0.3 is 20.7 Å². The second-order valence-corrected chi connectivity index (χ2v) is 6.17. The van der Waals surface area contributed by atoms with Crippen molar-refractivity contribution in [3.63, 3.8) is 0 Å². The number of carbonyl (C=O) groups excluding carboxylic acids is 2. The Hall–Kier alpha value is -2.48. The number of nitrogens with one attached hydrogen (secondary N) is 1. The van der Waals surface area contributed by atoms with E-state index in [1.807, 2.05) is 6.92 Å². The van der Waals surface area contributed by atoms with Crippen LogP contribution in [0.2, 0.25) is 0 Å². The van der Waals surface area contributed by atoms with Crippen molar-refractivity contribution in [1.29, 1.82) is 0 Å². The maximum absolute atomic E-state index is 12.2. The maximum atomic E-state index is 12.2. The molecule has 1 saturated heterocycles. The summed E-state index contributed by atoms with van der Waals surface area (Å²) >= 11 is 0. The minimum atomic E-state index is -0.0802. The van der Waals surface area contributed by atoms with E-state index >= 15 is 0 Å². The van der Waals surface area contributed by atoms with Crippen LogP contribution in [-0.2, 0) is 14.3 Å². The number of hydrogen-bond acceptors (Lipinski definition) is 6. The summed E-state index contributed by atoms with van der Waals surface area (Å²) in [7, 11) is 1.61. The van der Waals surface area contributed by atoms with Crippen molar-refractivity contribution in [2.45, 2.75) is 25.8 Å². The van der Waals surface area contributed by atoms with Crippen LogP contribution in [0, 0.1) is 5.92 Å². The number of nitrogen functional groups attached to an aromatic ring is 1. The van der Waals surface area contributed by atoms with Gasteiger partial charge in [0.05, 0.1) is 6.61 Å². The van der Waals surface area contributed by atoms with E-state index in [0.29, 0.717) is 38.1 Å². The van der Waals surface area contributed by atoms with Gasteiger partial charge >= 0.3 is 0 Å². The number of nitrogens with zero attached hydrogens (tertiary/aromatic N) is 3. The maximum Gasteiger partial charge on any atom is 0.246 e. The van der Waals surface area contributed by atoms with Crippen LogP contribution in [0.5, 0.6) is 0 Å². The van der Waals surface area contributed by atoms with Crippen molar-refractivity contribution in [2.75, 3.05) is 32.5 Å². The smallest absolute Gasteiger partial charge is 0.246 e. The number of hydrogen-bond donors (Lipinski definition) is 2. The summed E-state index contributed by atoms with van der Waals surface area (Å²) in [4.78, 5) is 33.9. The fourth-order valence-electron chi connectivity index (χ4n) is 2.72. The topological polar surface area (TPSA) is 110 Å². The molecule has 1 atom stereocenters. The van der Waals surface area contributed by atoms with Gasteiger partial charge in [0.25, 0.3) is 0 Å². The van der Waals surface area contributed by atoms with Crippen LogP contribution in [0.4, 0.5) is 5.95 Å². The van der Waals surface area contributed by atoms with Gasteiger partial charge in [-0.05, 0) is 25.8 Å². The standard InChI is InChI=1S/C17H25N5O3/c1-12(11-25-2)21-16(24)14-5-7-22(8-6-14)15(23)4-3-13-9-19-17(18)20-10-13/h3-4,9-10,12,14H,5-8,11H2,1-2H3,(H,21,24)(H2,18,19,20)/b4-3+. The average Bonchev–Trinajstić information content (AvgIpc) is 2.61. The molecular weight excluding hydrogens is 322 g/mol. The lowest BCUT2D eigenvalue weighted by molar-refractivity contribution is -0.132. The molecule has 1 unspecified atom stereocenters. The number of ether oxygens (including phenoxy) is 1. The third kappa shape index (κ3) is 5.82. The molecule has 1 aliphatic rings. The zero-order valence-electron chi connectivity index (χ0n) is 14.6. The molecule has 136 valence electrons. The van der Waals surface area contributed by atoms with Gasteiger partial charge in [-0.25, -0.2) is 9.97 Å². The number of piperidine rings is 1. The van der Waals surface area contributed by atoms with E-state index < -0.39 is 0 Å². The summed E-state index contributed by atoms with van der Waals surface area (Å²) in [6.45, 7) is 3.53. The molecule has 2 heterocycles. The van der Waals surface area contributed by atoms with Crippen molar-refractivity contribution >= 4 is 23.8 Å². The van der Waals surface area contributed by atoms with Crippen LogP contribution in [-0.4, -0.2) is 59.5 Å². The number of anilines is 1. The molecule has 0 saturated carbocycles. The fourth-order valence-corrected chi connectivity index (χ4v) is 2.72. The number of likely N-dealkylation sites (tertiary alicyclic amines) is 1. The summed E-state index contributed by atoms with van der Waals surface area (Å²) < 4.78 is 5.02. The van der Waals surface area contributed by atoms with Crippen LogP contribution < -0.4 is 11.1 Å². The summed E-state index contributed by atoms with van der Waals surface area (Å²) in [5, 5.41) is 2.94. The predicted octanol–water partition coefficient (Wildman–Crippen LogP) is 0.462. The van der Waals surface area contributed by atoms with E-state index in [1.165, 1.54) is 6.08 Å². The van der Waals surface area contributed by atoms with E-state index in [2.05, 4.69) is 15.3 Å². The van der Waals surface area contributed by atoms with Gasteiger partial charge in [0.2, 0.25) is 17.8 Å². The predicted molar refractivity (Wildman–Crippen MR) is 94.3 cm³/mol. The van der Waals surface area contributed by atoms with Crippen LogP contribution >= 0.6 is 0 Å². The van der Waals surface area contributed by atoms with Crippen molar-refractivity contribution < 1.29 is 14.3 Å². The number of carbonyl (C=O) groups is 2. The lowest BCUT2D eigenvalue weighted by Gasteiger charge is -2.31. The van der Waals surface area contributed by atoms with Gasteiger partial charge in [-0.15, -0.1) is 0 Å². The van der Waals surface area contributed by atoms with E-state index in [4.69, 9.17) is 10.5 Å². The molecule has 0 aromatic carbocycles. The van der Waals surface area contributed by atoms with Crippen molar-refractivity contribution in [3.8, 4) is 0 Å². The second kappa shape index (κ2) is 9.12. The third-order valence-corrected chi connectivity index (χ3v) is 4.09. The Morgan fingerprint density at radius 3 is 2.64 bits per heavy atom. The summed E-state index contributed by atoms with van der Waals surface area (Å²) in [5.41, 5.74) is 6.13. The normalized spacial score (nSPS) is 16.8. The van der Waals surface area contributed by atoms with E-state index in [1.54, 1.807) is 30.5 Å². The van der Waals surface area contributed by atoms with E-state index in [0.717, 1.165) is 0 Å². The molecule has 8 nitrogen and oxygen atoms in total. The molecule has 1 aromatic heterocycles. The first kappa shape index (κ1) is 18.9. The number of methoxy groups -OCH3 is 1. The molecule has 1 aliphatic heterocycles. The monoisotopic (exact) mass is 347 g/mol. The van der Waals surface area contributed by atoms with Crippen LogP contribution in [0.3, 0.4) is 0 Å². The molecule has 8 heteroatoms. The Balaban J connectivity index is 1.79. The lowest BCUT2D eigenvalue weighted by atomic mass is 9.95. The molecule has 0 radical (unpaired) electrons. The van der Waals surface area contributed by atoms with Gasteiger partial charge in [0.1, 0.15) is 0 Å². The van der Waals surface area contributed by atoms with Gasteiger partial charge in [0.15, 0.2) is 0 Å². The molecule has 1 aromatic rings. The first-order chi connectivity index (χ1) is 12.0. The highest BCUT2D eigenvalue weighted by Gasteiger charge is 2.27. The van der Waals surface area contributed by atoms with Crippen molar-refractivity contribution in [1.82, 2.24) is 20.2 Å². The molecule has 3 N–H and O–H groups in total. The highest BCUT2D eigenvalue weighted by Crippen LogP contribution is 2.18. The third-order valence-electron chi connectivity index (χ3n) is 4.09. The van der Waals surface area contributed by atoms with Crippen LogP contribution in [0.1, 0.15) is 25.3 Å². The molecule has 0 bridgehead atoms. The average molecular weight is 347 g/mol. The zero-order valence-corrected chi connectivity index (χ0v) is 14.6. The first-order valence-corrected chi connectivity index (χ1v) is 8.33. The first-order valence-electron chi connectivity index (χ1n) is 8.33. The Bertz CT molecular complexity index is 609. The molecule has 2 amide bonds. The molecule has 0 spiro atoms. The minimum Gasteiger partial charge on any atom is -0.383 e. The molecule has 1 fully saturated rings. The Labute approximate surface area is 147 Å². The number of rotatable bonds is 6. The van der Waals surface area contributed by atoms with Gasteiger partial charge in [-0.3, -0.25) is 9.59 Å². The molecule has 2 rings (SSSR count). The van der Waals surface area contributed by atoms with Gasteiger partial charge in [0, 0.05) is 56.2 Å². The number of amides is 2. The second-order valence-electron chi connectivity index (χ2n) is 6.17. The summed E-state index contributed by atoms with van der Waals surface area (Å²) in [6, 6.07) is -0.0118. The fraction of sp³-hybridized carbons (Fsp3) is 0.529. The Morgan fingerprint density at radius 1 is 1.40 bits per heavy atom. The Morgan fingerprint density at radius 2 is 2.04 bits per heavy atom. The largest absolute Gasteiger partial charge is 0.383 e. The minimum absolute atomic E-state index is 0.0118. The van der Waals surface area contributed by atoms with Gasteiger partial charge in [-0.2, -0.15) is 0 Å². The van der Waals surface area contributed by atoms with E-state index in [-0.39, 0.29) is 29.7 Å². The number of nitrogens with two attached hydrogens (primary N) is 1.